The summed E-state index contributed by atoms with van der Waals surface area (Å²) in [7, 11) is 0. The SMILES string of the molecule is CC(C)(C)NCc1cccc(CN=C(N)N)n1. The van der Waals surface area contributed by atoms with Gasteiger partial charge < -0.3 is 16.8 Å². The molecule has 0 unspecified atom stereocenters. The lowest BCUT2D eigenvalue weighted by atomic mass is 10.1. The molecule has 5 N–H and O–H groups in total. The van der Waals surface area contributed by atoms with Crippen LogP contribution < -0.4 is 16.8 Å². The molecule has 17 heavy (non-hydrogen) atoms. The number of pyridine rings is 1. The smallest absolute Gasteiger partial charge is 0.186 e. The second-order valence-electron chi connectivity index (χ2n) is 4.96. The minimum atomic E-state index is 0.0809. The average molecular weight is 235 g/mol. The molecule has 0 radical (unpaired) electrons. The van der Waals surface area contributed by atoms with Gasteiger partial charge in [0.05, 0.1) is 17.9 Å². The molecular formula is C12H21N5. The lowest BCUT2D eigenvalue weighted by molar-refractivity contribution is 0.421. The predicted octanol–water partition coefficient (Wildman–Crippen LogP) is 0.743. The van der Waals surface area contributed by atoms with Crippen LogP contribution in [0.4, 0.5) is 0 Å². The average Bonchev–Trinajstić information content (AvgIpc) is 2.23. The van der Waals surface area contributed by atoms with E-state index in [1.807, 2.05) is 18.2 Å². The molecule has 5 nitrogen and oxygen atoms in total. The zero-order valence-electron chi connectivity index (χ0n) is 10.7. The van der Waals surface area contributed by atoms with E-state index >= 15 is 0 Å². The Hall–Kier alpha value is -1.62. The Morgan fingerprint density at radius 3 is 2.53 bits per heavy atom. The van der Waals surface area contributed by atoms with Crippen molar-refractivity contribution in [3.8, 4) is 0 Å². The first-order chi connectivity index (χ1) is 7.87. The lowest BCUT2D eigenvalue weighted by Crippen LogP contribution is -2.35. The van der Waals surface area contributed by atoms with Crippen LogP contribution in [0.5, 0.6) is 0 Å². The molecule has 0 aliphatic rings. The van der Waals surface area contributed by atoms with Gasteiger partial charge in [-0.1, -0.05) is 6.07 Å². The largest absolute Gasteiger partial charge is 0.370 e. The number of nitrogens with two attached hydrogens (primary N) is 2. The third kappa shape index (κ3) is 5.87. The van der Waals surface area contributed by atoms with Gasteiger partial charge in [0, 0.05) is 12.1 Å². The molecule has 0 amide bonds. The van der Waals surface area contributed by atoms with Gasteiger partial charge in [-0.25, -0.2) is 4.99 Å². The van der Waals surface area contributed by atoms with E-state index in [9.17, 15) is 0 Å². The molecular weight excluding hydrogens is 214 g/mol. The Morgan fingerprint density at radius 1 is 1.29 bits per heavy atom. The summed E-state index contributed by atoms with van der Waals surface area (Å²) in [6, 6.07) is 5.86. The fourth-order valence-corrected chi connectivity index (χ4v) is 1.24. The second kappa shape index (κ2) is 5.63. The summed E-state index contributed by atoms with van der Waals surface area (Å²) in [4.78, 5) is 8.40. The maximum atomic E-state index is 5.28. The molecule has 5 heteroatoms. The molecule has 1 heterocycles. The van der Waals surface area contributed by atoms with Gasteiger partial charge in [-0.15, -0.1) is 0 Å². The van der Waals surface area contributed by atoms with Gasteiger partial charge in [0.2, 0.25) is 0 Å². The van der Waals surface area contributed by atoms with Gasteiger partial charge in [-0.2, -0.15) is 0 Å². The Morgan fingerprint density at radius 2 is 1.94 bits per heavy atom. The van der Waals surface area contributed by atoms with Gasteiger partial charge in [-0.3, -0.25) is 4.98 Å². The van der Waals surface area contributed by atoms with Crippen molar-refractivity contribution in [2.24, 2.45) is 16.5 Å². The maximum Gasteiger partial charge on any atom is 0.186 e. The highest BCUT2D eigenvalue weighted by molar-refractivity contribution is 5.75. The van der Waals surface area contributed by atoms with Crippen LogP contribution in [0.25, 0.3) is 0 Å². The molecule has 0 aliphatic heterocycles. The number of hydrogen-bond donors (Lipinski definition) is 3. The van der Waals surface area contributed by atoms with Crippen LogP contribution in [0.1, 0.15) is 32.2 Å². The number of rotatable bonds is 4. The summed E-state index contributed by atoms with van der Waals surface area (Å²) in [6.45, 7) is 7.52. The summed E-state index contributed by atoms with van der Waals surface area (Å²) < 4.78 is 0. The zero-order chi connectivity index (χ0) is 12.9. The zero-order valence-corrected chi connectivity index (χ0v) is 10.7. The summed E-state index contributed by atoms with van der Waals surface area (Å²) in [5.41, 5.74) is 12.5. The van der Waals surface area contributed by atoms with Crippen molar-refractivity contribution in [3.63, 3.8) is 0 Å². The maximum absolute atomic E-state index is 5.28. The van der Waals surface area contributed by atoms with Crippen LogP contribution in [0.2, 0.25) is 0 Å². The van der Waals surface area contributed by atoms with Crippen LogP contribution in [0, 0.1) is 0 Å². The van der Waals surface area contributed by atoms with Crippen molar-refractivity contribution in [2.75, 3.05) is 0 Å². The van der Waals surface area contributed by atoms with Gasteiger partial charge in [0.15, 0.2) is 5.96 Å². The van der Waals surface area contributed by atoms with E-state index < -0.39 is 0 Å². The first-order valence-corrected chi connectivity index (χ1v) is 5.62. The summed E-state index contributed by atoms with van der Waals surface area (Å²) >= 11 is 0. The van der Waals surface area contributed by atoms with Gasteiger partial charge in [0.25, 0.3) is 0 Å². The normalized spacial score (nSPS) is 11.2. The van der Waals surface area contributed by atoms with Gasteiger partial charge in [-0.05, 0) is 32.9 Å². The van der Waals surface area contributed by atoms with E-state index in [-0.39, 0.29) is 11.5 Å². The highest BCUT2D eigenvalue weighted by Crippen LogP contribution is 2.04. The fraction of sp³-hybridized carbons (Fsp3) is 0.500. The van der Waals surface area contributed by atoms with E-state index in [2.05, 4.69) is 36.1 Å². The Bertz CT molecular complexity index is 388. The molecule has 0 saturated heterocycles. The van der Waals surface area contributed by atoms with Gasteiger partial charge in [0.1, 0.15) is 0 Å². The van der Waals surface area contributed by atoms with Crippen LogP contribution in [0.3, 0.4) is 0 Å². The van der Waals surface area contributed by atoms with E-state index in [4.69, 9.17) is 11.5 Å². The molecule has 0 bridgehead atoms. The van der Waals surface area contributed by atoms with Crippen molar-refractivity contribution >= 4 is 5.96 Å². The third-order valence-electron chi connectivity index (χ3n) is 2.09. The highest BCUT2D eigenvalue weighted by atomic mass is 15.0. The summed E-state index contributed by atoms with van der Waals surface area (Å²) in [5, 5.41) is 3.38. The monoisotopic (exact) mass is 235 g/mol. The molecule has 1 rings (SSSR count). The van der Waals surface area contributed by atoms with Crippen molar-refractivity contribution < 1.29 is 0 Å². The van der Waals surface area contributed by atoms with Crippen LogP contribution in [-0.2, 0) is 13.1 Å². The quantitative estimate of drug-likeness (QED) is 0.530. The molecule has 1 aromatic rings. The predicted molar refractivity (Wildman–Crippen MR) is 70.3 cm³/mol. The number of aliphatic imine (C=N–C) groups is 1. The first-order valence-electron chi connectivity index (χ1n) is 5.62. The Labute approximate surface area is 102 Å². The topological polar surface area (TPSA) is 89.3 Å². The number of hydrogen-bond acceptors (Lipinski definition) is 3. The van der Waals surface area contributed by atoms with E-state index in [0.29, 0.717) is 6.54 Å². The van der Waals surface area contributed by atoms with Crippen molar-refractivity contribution in [3.05, 3.63) is 29.6 Å². The van der Waals surface area contributed by atoms with Crippen LogP contribution >= 0.6 is 0 Å². The molecule has 1 aromatic heterocycles. The molecule has 0 atom stereocenters. The molecule has 0 fully saturated rings. The molecule has 0 aliphatic carbocycles. The van der Waals surface area contributed by atoms with E-state index in [1.54, 1.807) is 0 Å². The molecule has 0 aromatic carbocycles. The third-order valence-corrected chi connectivity index (χ3v) is 2.09. The number of aromatic nitrogens is 1. The Balaban J connectivity index is 2.63. The van der Waals surface area contributed by atoms with Gasteiger partial charge >= 0.3 is 0 Å². The van der Waals surface area contributed by atoms with Crippen molar-refractivity contribution in [1.29, 1.82) is 0 Å². The summed E-state index contributed by atoms with van der Waals surface area (Å²) in [6.07, 6.45) is 0. The van der Waals surface area contributed by atoms with E-state index in [0.717, 1.165) is 17.9 Å². The fourth-order valence-electron chi connectivity index (χ4n) is 1.24. The van der Waals surface area contributed by atoms with Crippen molar-refractivity contribution in [2.45, 2.75) is 39.4 Å². The summed E-state index contributed by atoms with van der Waals surface area (Å²) in [5.74, 6) is 0.0880. The minimum Gasteiger partial charge on any atom is -0.370 e. The molecule has 0 spiro atoms. The second-order valence-corrected chi connectivity index (χ2v) is 4.96. The highest BCUT2D eigenvalue weighted by Gasteiger charge is 2.08. The van der Waals surface area contributed by atoms with Crippen molar-refractivity contribution in [1.82, 2.24) is 10.3 Å². The molecule has 0 saturated carbocycles. The van der Waals surface area contributed by atoms with Crippen LogP contribution in [-0.4, -0.2) is 16.5 Å². The molecule has 94 valence electrons. The standard InChI is InChI=1S/C12H21N5/c1-12(2,3)16-8-10-6-4-5-9(17-10)7-15-11(13)14/h4-6,16H,7-8H2,1-3H3,(H4,13,14,15). The minimum absolute atomic E-state index is 0.0809. The number of nitrogens with one attached hydrogen (secondary N) is 1. The Kier molecular flexibility index (Phi) is 4.45. The number of guanidine groups is 1. The van der Waals surface area contributed by atoms with E-state index in [1.165, 1.54) is 0 Å². The number of nitrogens with zero attached hydrogens (tertiary/aromatic N) is 2. The van der Waals surface area contributed by atoms with Crippen LogP contribution in [0.15, 0.2) is 23.2 Å². The first kappa shape index (κ1) is 13.4. The lowest BCUT2D eigenvalue weighted by Gasteiger charge is -2.20.